The summed E-state index contributed by atoms with van der Waals surface area (Å²) in [4.78, 5) is 0. The van der Waals surface area contributed by atoms with E-state index in [0.717, 1.165) is 12.1 Å². The molecule has 3 heteroatoms. The highest BCUT2D eigenvalue weighted by Crippen LogP contribution is 2.21. The first-order chi connectivity index (χ1) is 9.16. The van der Waals surface area contributed by atoms with E-state index in [9.17, 15) is 5.11 Å². The molecule has 1 unspecified atom stereocenters. The summed E-state index contributed by atoms with van der Waals surface area (Å²) in [7, 11) is 0. The van der Waals surface area contributed by atoms with Crippen LogP contribution >= 0.6 is 11.6 Å². The van der Waals surface area contributed by atoms with Crippen molar-refractivity contribution in [1.82, 2.24) is 5.32 Å². The first-order valence-electron chi connectivity index (χ1n) is 6.35. The van der Waals surface area contributed by atoms with E-state index >= 15 is 0 Å². The quantitative estimate of drug-likeness (QED) is 0.876. The lowest BCUT2D eigenvalue weighted by molar-refractivity contribution is 0.174. The number of halogens is 1. The lowest BCUT2D eigenvalue weighted by Crippen LogP contribution is -2.21. The van der Waals surface area contributed by atoms with Crippen LogP contribution in [0.2, 0.25) is 5.02 Å². The minimum Gasteiger partial charge on any atom is -0.387 e. The summed E-state index contributed by atoms with van der Waals surface area (Å²) >= 11 is 6.04. The van der Waals surface area contributed by atoms with Crippen molar-refractivity contribution in [1.29, 1.82) is 0 Å². The highest BCUT2D eigenvalue weighted by molar-refractivity contribution is 6.31. The average Bonchev–Trinajstić information content (AvgIpc) is 2.41. The van der Waals surface area contributed by atoms with Crippen molar-refractivity contribution in [3.63, 3.8) is 0 Å². The molecule has 0 heterocycles. The molecule has 0 amide bonds. The first-order valence-corrected chi connectivity index (χ1v) is 6.73. The minimum absolute atomic E-state index is 0.484. The maximum Gasteiger partial charge on any atom is 0.0928 e. The van der Waals surface area contributed by atoms with Gasteiger partial charge in [0.15, 0.2) is 0 Å². The topological polar surface area (TPSA) is 32.3 Å². The highest BCUT2D eigenvalue weighted by Gasteiger charge is 2.10. The van der Waals surface area contributed by atoms with Crippen LogP contribution in [0.3, 0.4) is 0 Å². The molecule has 0 saturated heterocycles. The van der Waals surface area contributed by atoms with E-state index in [4.69, 9.17) is 11.6 Å². The molecule has 100 valence electrons. The summed E-state index contributed by atoms with van der Waals surface area (Å²) in [6.07, 6.45) is -0.584. The van der Waals surface area contributed by atoms with Crippen molar-refractivity contribution in [3.05, 3.63) is 70.2 Å². The summed E-state index contributed by atoms with van der Waals surface area (Å²) in [5.41, 5.74) is 3.22. The molecule has 0 aliphatic carbocycles. The number of rotatable bonds is 5. The van der Waals surface area contributed by atoms with Gasteiger partial charge in [-0.3, -0.25) is 0 Å². The van der Waals surface area contributed by atoms with Gasteiger partial charge < -0.3 is 10.4 Å². The number of hydrogen-bond acceptors (Lipinski definition) is 2. The van der Waals surface area contributed by atoms with Crippen molar-refractivity contribution in [2.75, 3.05) is 6.54 Å². The Bertz CT molecular complexity index is 525. The highest BCUT2D eigenvalue weighted by atomic mass is 35.5. The molecular formula is C16H18ClNO. The number of benzene rings is 2. The van der Waals surface area contributed by atoms with E-state index in [-0.39, 0.29) is 0 Å². The van der Waals surface area contributed by atoms with Crippen LogP contribution in [0, 0.1) is 6.92 Å². The van der Waals surface area contributed by atoms with Crippen LogP contribution in [0.1, 0.15) is 22.8 Å². The molecule has 19 heavy (non-hydrogen) atoms. The first kappa shape index (κ1) is 14.1. The van der Waals surface area contributed by atoms with E-state index in [1.54, 1.807) is 6.07 Å². The normalized spacial score (nSPS) is 12.4. The Morgan fingerprint density at radius 1 is 1.11 bits per heavy atom. The Morgan fingerprint density at radius 2 is 1.79 bits per heavy atom. The van der Waals surface area contributed by atoms with Crippen LogP contribution in [0.4, 0.5) is 0 Å². The summed E-state index contributed by atoms with van der Waals surface area (Å²) in [6.45, 7) is 3.29. The number of aliphatic hydroxyl groups is 1. The molecule has 0 spiro atoms. The molecule has 0 aliphatic rings. The molecule has 0 bridgehead atoms. The Hall–Kier alpha value is -1.35. The number of aryl methyl sites for hydroxylation is 1. The van der Waals surface area contributed by atoms with Crippen molar-refractivity contribution in [2.45, 2.75) is 19.6 Å². The van der Waals surface area contributed by atoms with Crippen molar-refractivity contribution in [3.8, 4) is 0 Å². The molecule has 2 aromatic rings. The molecule has 2 aromatic carbocycles. The van der Waals surface area contributed by atoms with E-state index in [1.807, 2.05) is 18.2 Å². The predicted molar refractivity (Wildman–Crippen MR) is 79.3 cm³/mol. The zero-order valence-electron chi connectivity index (χ0n) is 10.9. The average molecular weight is 276 g/mol. The van der Waals surface area contributed by atoms with Gasteiger partial charge in [-0.1, -0.05) is 59.6 Å². The van der Waals surface area contributed by atoms with Crippen molar-refractivity contribution >= 4 is 11.6 Å². The third-order valence-corrected chi connectivity index (χ3v) is 3.40. The fraction of sp³-hybridized carbons (Fsp3) is 0.250. The van der Waals surface area contributed by atoms with E-state index in [0.29, 0.717) is 11.6 Å². The molecular weight excluding hydrogens is 258 g/mol. The minimum atomic E-state index is -0.584. The Kier molecular flexibility index (Phi) is 4.97. The third kappa shape index (κ3) is 4.06. The van der Waals surface area contributed by atoms with E-state index < -0.39 is 6.10 Å². The summed E-state index contributed by atoms with van der Waals surface area (Å²) in [5.74, 6) is 0. The molecule has 2 rings (SSSR count). The number of aliphatic hydroxyl groups excluding tert-OH is 1. The third-order valence-electron chi connectivity index (χ3n) is 3.05. The zero-order valence-corrected chi connectivity index (χ0v) is 11.7. The maximum atomic E-state index is 10.1. The number of hydrogen-bond donors (Lipinski definition) is 2. The molecule has 0 aliphatic heterocycles. The monoisotopic (exact) mass is 275 g/mol. The molecule has 2 nitrogen and oxygen atoms in total. The predicted octanol–water partition coefficient (Wildman–Crippen LogP) is 3.47. The second-order valence-electron chi connectivity index (χ2n) is 4.65. The van der Waals surface area contributed by atoms with Gasteiger partial charge in [0.1, 0.15) is 0 Å². The van der Waals surface area contributed by atoms with Crippen LogP contribution in [0.25, 0.3) is 0 Å². The van der Waals surface area contributed by atoms with Gasteiger partial charge in [-0.15, -0.1) is 0 Å². The Labute approximate surface area is 119 Å². The van der Waals surface area contributed by atoms with E-state index in [2.05, 4.69) is 36.5 Å². The Balaban J connectivity index is 1.86. The molecule has 0 radical (unpaired) electrons. The largest absolute Gasteiger partial charge is 0.387 e. The fourth-order valence-corrected chi connectivity index (χ4v) is 2.18. The standard InChI is InChI=1S/C16H18ClNO/c1-12-6-8-13(9-7-12)10-18-11-16(19)14-4-2-3-5-15(14)17/h2-9,16,18-19H,10-11H2,1H3. The van der Waals surface area contributed by atoms with Gasteiger partial charge in [-0.05, 0) is 18.6 Å². The molecule has 2 N–H and O–H groups in total. The SMILES string of the molecule is Cc1ccc(CNCC(O)c2ccccc2Cl)cc1. The van der Waals surface area contributed by atoms with Crippen LogP contribution in [-0.4, -0.2) is 11.7 Å². The van der Waals surface area contributed by atoms with E-state index in [1.165, 1.54) is 11.1 Å². The van der Waals surface area contributed by atoms with Gasteiger partial charge >= 0.3 is 0 Å². The van der Waals surface area contributed by atoms with Crippen LogP contribution in [0.15, 0.2) is 48.5 Å². The van der Waals surface area contributed by atoms with Gasteiger partial charge in [-0.2, -0.15) is 0 Å². The van der Waals surface area contributed by atoms with Gasteiger partial charge in [0.25, 0.3) is 0 Å². The zero-order chi connectivity index (χ0) is 13.7. The van der Waals surface area contributed by atoms with Crippen molar-refractivity contribution in [2.24, 2.45) is 0 Å². The van der Waals surface area contributed by atoms with Crippen LogP contribution < -0.4 is 5.32 Å². The van der Waals surface area contributed by atoms with Gasteiger partial charge in [-0.25, -0.2) is 0 Å². The summed E-state index contributed by atoms with van der Waals surface area (Å²) in [5, 5.41) is 13.9. The smallest absolute Gasteiger partial charge is 0.0928 e. The summed E-state index contributed by atoms with van der Waals surface area (Å²) < 4.78 is 0. The fourth-order valence-electron chi connectivity index (χ4n) is 1.91. The maximum absolute atomic E-state index is 10.1. The molecule has 1 atom stereocenters. The second-order valence-corrected chi connectivity index (χ2v) is 5.06. The lowest BCUT2D eigenvalue weighted by Gasteiger charge is -2.13. The molecule has 0 aromatic heterocycles. The Morgan fingerprint density at radius 3 is 2.47 bits per heavy atom. The lowest BCUT2D eigenvalue weighted by atomic mass is 10.1. The van der Waals surface area contributed by atoms with Gasteiger partial charge in [0.2, 0.25) is 0 Å². The van der Waals surface area contributed by atoms with Crippen LogP contribution in [0.5, 0.6) is 0 Å². The molecule has 0 fully saturated rings. The van der Waals surface area contributed by atoms with Gasteiger partial charge in [0, 0.05) is 23.7 Å². The summed E-state index contributed by atoms with van der Waals surface area (Å²) in [6, 6.07) is 15.7. The van der Waals surface area contributed by atoms with Gasteiger partial charge in [0.05, 0.1) is 6.10 Å². The molecule has 0 saturated carbocycles. The second kappa shape index (κ2) is 6.71. The number of nitrogens with one attached hydrogen (secondary N) is 1. The van der Waals surface area contributed by atoms with Crippen LogP contribution in [-0.2, 0) is 6.54 Å². The van der Waals surface area contributed by atoms with Crippen molar-refractivity contribution < 1.29 is 5.11 Å².